The average Bonchev–Trinajstić information content (AvgIpc) is 2.47. The number of rotatable bonds is 0. The molecule has 2 heterocycles. The molecule has 0 radical (unpaired) electrons. The van der Waals surface area contributed by atoms with Crippen molar-refractivity contribution in [3.8, 4) is 0 Å². The largest absolute Gasteiger partial charge is 0.393 e. The molecule has 0 spiro atoms. The molecule has 76 valence electrons. The van der Waals surface area contributed by atoms with Crippen LogP contribution in [0.15, 0.2) is 0 Å². The predicted octanol–water partition coefficient (Wildman–Crippen LogP) is -0.713. The van der Waals surface area contributed by atoms with E-state index in [1.165, 1.54) is 0 Å². The molecule has 1 saturated carbocycles. The lowest BCUT2D eigenvalue weighted by Gasteiger charge is -2.48. The summed E-state index contributed by atoms with van der Waals surface area (Å²) in [7, 11) is 0. The van der Waals surface area contributed by atoms with Crippen molar-refractivity contribution < 1.29 is 24.2 Å². The van der Waals surface area contributed by atoms with Crippen molar-refractivity contribution in [2.24, 2.45) is 23.2 Å². The number of aliphatic hydroxyl groups is 1. The van der Waals surface area contributed by atoms with Gasteiger partial charge in [-0.2, -0.15) is 0 Å². The van der Waals surface area contributed by atoms with Gasteiger partial charge in [0.05, 0.1) is 18.4 Å². The normalized spacial score (nSPS) is 55.0. The van der Waals surface area contributed by atoms with Crippen LogP contribution < -0.4 is 0 Å². The molecule has 2 saturated heterocycles. The first kappa shape index (κ1) is 8.38. The van der Waals surface area contributed by atoms with Crippen LogP contribution in [0.2, 0.25) is 0 Å². The van der Waals surface area contributed by atoms with Crippen molar-refractivity contribution in [2.75, 3.05) is 6.61 Å². The van der Waals surface area contributed by atoms with Gasteiger partial charge < -0.3 is 14.6 Å². The van der Waals surface area contributed by atoms with Crippen LogP contribution in [0.5, 0.6) is 0 Å². The Labute approximate surface area is 80.0 Å². The molecule has 5 nitrogen and oxygen atoms in total. The maximum absolute atomic E-state index is 11.3. The van der Waals surface area contributed by atoms with Gasteiger partial charge in [-0.25, -0.2) is 0 Å². The highest BCUT2D eigenvalue weighted by Gasteiger charge is 2.75. The number of esters is 2. The Morgan fingerprint density at radius 1 is 1.43 bits per heavy atom. The van der Waals surface area contributed by atoms with E-state index in [4.69, 9.17) is 4.74 Å². The maximum Gasteiger partial charge on any atom is 0.318 e. The Kier molecular flexibility index (Phi) is 1.30. The van der Waals surface area contributed by atoms with E-state index in [-0.39, 0.29) is 11.8 Å². The van der Waals surface area contributed by atoms with Crippen molar-refractivity contribution >= 4 is 11.9 Å². The molecule has 14 heavy (non-hydrogen) atoms. The summed E-state index contributed by atoms with van der Waals surface area (Å²) in [4.78, 5) is 22.6. The molecule has 3 rings (SSSR count). The molecule has 5 heteroatoms. The SMILES string of the molecule is CC12C(O)OCC1C1C(=O)OC(=O)[C@@H]12. The lowest BCUT2D eigenvalue weighted by atomic mass is 9.49. The summed E-state index contributed by atoms with van der Waals surface area (Å²) in [5, 5.41) is 9.59. The zero-order valence-corrected chi connectivity index (χ0v) is 7.60. The maximum atomic E-state index is 11.3. The second kappa shape index (κ2) is 2.17. The Balaban J connectivity index is 2.03. The zero-order valence-electron chi connectivity index (χ0n) is 7.60. The fourth-order valence-corrected chi connectivity index (χ4v) is 3.04. The van der Waals surface area contributed by atoms with Gasteiger partial charge in [0.15, 0.2) is 6.29 Å². The monoisotopic (exact) mass is 198 g/mol. The summed E-state index contributed by atoms with van der Waals surface area (Å²) in [6.45, 7) is 2.11. The number of ether oxygens (including phenoxy) is 2. The molecule has 0 aromatic heterocycles. The zero-order chi connectivity index (χ0) is 10.1. The van der Waals surface area contributed by atoms with E-state index in [9.17, 15) is 14.7 Å². The summed E-state index contributed by atoms with van der Waals surface area (Å²) in [6, 6.07) is 0. The summed E-state index contributed by atoms with van der Waals surface area (Å²) >= 11 is 0. The molecule has 0 aromatic carbocycles. The van der Waals surface area contributed by atoms with Crippen LogP contribution in [0.1, 0.15) is 6.92 Å². The first-order valence-electron chi connectivity index (χ1n) is 4.62. The number of aliphatic hydroxyl groups excluding tert-OH is 1. The van der Waals surface area contributed by atoms with Crippen molar-refractivity contribution in [1.29, 1.82) is 0 Å². The van der Waals surface area contributed by atoms with Gasteiger partial charge in [-0.15, -0.1) is 0 Å². The van der Waals surface area contributed by atoms with Crippen molar-refractivity contribution in [3.05, 3.63) is 0 Å². The van der Waals surface area contributed by atoms with Crippen LogP contribution in [0.25, 0.3) is 0 Å². The lowest BCUT2D eigenvalue weighted by molar-refractivity contribution is -0.182. The van der Waals surface area contributed by atoms with Gasteiger partial charge in [0.25, 0.3) is 0 Å². The fourth-order valence-electron chi connectivity index (χ4n) is 3.04. The molecule has 5 atom stereocenters. The van der Waals surface area contributed by atoms with E-state index in [0.29, 0.717) is 6.61 Å². The minimum absolute atomic E-state index is 0.0681. The van der Waals surface area contributed by atoms with Gasteiger partial charge in [-0.1, -0.05) is 6.92 Å². The molecule has 1 aliphatic carbocycles. The molecule has 3 fully saturated rings. The van der Waals surface area contributed by atoms with Crippen LogP contribution in [0.4, 0.5) is 0 Å². The van der Waals surface area contributed by atoms with Crippen molar-refractivity contribution in [1.82, 2.24) is 0 Å². The second-order valence-electron chi connectivity index (χ2n) is 4.40. The van der Waals surface area contributed by atoms with E-state index >= 15 is 0 Å². The van der Waals surface area contributed by atoms with E-state index < -0.39 is 29.6 Å². The van der Waals surface area contributed by atoms with Crippen LogP contribution in [0, 0.1) is 23.2 Å². The fraction of sp³-hybridized carbons (Fsp3) is 0.778. The number of hydrogen-bond acceptors (Lipinski definition) is 5. The lowest BCUT2D eigenvalue weighted by Crippen LogP contribution is -2.58. The van der Waals surface area contributed by atoms with Gasteiger partial charge in [-0.3, -0.25) is 9.59 Å². The van der Waals surface area contributed by atoms with E-state index in [1.54, 1.807) is 6.92 Å². The van der Waals surface area contributed by atoms with Crippen LogP contribution in [-0.4, -0.2) is 29.9 Å². The summed E-state index contributed by atoms with van der Waals surface area (Å²) in [5.74, 6) is -1.92. The summed E-state index contributed by atoms with van der Waals surface area (Å²) in [6.07, 6.45) is -0.952. The smallest absolute Gasteiger partial charge is 0.318 e. The highest BCUT2D eigenvalue weighted by molar-refractivity contribution is 5.99. The van der Waals surface area contributed by atoms with Crippen molar-refractivity contribution in [2.45, 2.75) is 13.2 Å². The standard InChI is InChI=1S/C9H10O5/c1-9-3(2-13-8(9)12)4-5(9)7(11)14-6(4)10/h3-5,8,12H,2H2,1H3/t3?,4?,5-,8?,9?/m1/s1. The van der Waals surface area contributed by atoms with Crippen LogP contribution in [0.3, 0.4) is 0 Å². The predicted molar refractivity (Wildman–Crippen MR) is 41.6 cm³/mol. The number of carbonyl (C=O) groups is 2. The van der Waals surface area contributed by atoms with Crippen LogP contribution >= 0.6 is 0 Å². The quantitative estimate of drug-likeness (QED) is 0.411. The molecule has 4 unspecified atom stereocenters. The number of fused-ring (bicyclic) bond motifs is 4. The van der Waals surface area contributed by atoms with E-state index in [0.717, 1.165) is 0 Å². The number of carbonyl (C=O) groups excluding carboxylic acids is 2. The highest BCUT2D eigenvalue weighted by atomic mass is 16.6. The number of cyclic esters (lactones) is 2. The molecule has 2 aliphatic heterocycles. The molecule has 0 bridgehead atoms. The first-order chi connectivity index (χ1) is 6.56. The van der Waals surface area contributed by atoms with Crippen LogP contribution in [-0.2, 0) is 19.1 Å². The van der Waals surface area contributed by atoms with Gasteiger partial charge >= 0.3 is 11.9 Å². The summed E-state index contributed by atoms with van der Waals surface area (Å²) in [5.41, 5.74) is -0.617. The van der Waals surface area contributed by atoms with Gasteiger partial charge in [0.2, 0.25) is 0 Å². The molecular weight excluding hydrogens is 188 g/mol. The first-order valence-corrected chi connectivity index (χ1v) is 4.62. The topological polar surface area (TPSA) is 72.8 Å². The van der Waals surface area contributed by atoms with E-state index in [2.05, 4.69) is 4.74 Å². The Morgan fingerprint density at radius 2 is 2.14 bits per heavy atom. The summed E-state index contributed by atoms with van der Waals surface area (Å²) < 4.78 is 9.63. The van der Waals surface area contributed by atoms with E-state index in [1.807, 2.05) is 0 Å². The molecule has 0 amide bonds. The third kappa shape index (κ3) is 0.633. The Morgan fingerprint density at radius 3 is 2.86 bits per heavy atom. The number of hydrogen-bond donors (Lipinski definition) is 1. The average molecular weight is 198 g/mol. The molecular formula is C9H10O5. The third-order valence-corrected chi connectivity index (χ3v) is 3.95. The molecule has 1 N–H and O–H groups in total. The molecule has 3 aliphatic rings. The minimum atomic E-state index is -0.952. The van der Waals surface area contributed by atoms with Crippen molar-refractivity contribution in [3.63, 3.8) is 0 Å². The Hall–Kier alpha value is -0.940. The highest BCUT2D eigenvalue weighted by Crippen LogP contribution is 2.64. The Bertz CT molecular complexity index is 338. The van der Waals surface area contributed by atoms with Gasteiger partial charge in [0.1, 0.15) is 0 Å². The van der Waals surface area contributed by atoms with Gasteiger partial charge in [-0.05, 0) is 0 Å². The van der Waals surface area contributed by atoms with Gasteiger partial charge in [0, 0.05) is 11.3 Å². The third-order valence-electron chi connectivity index (χ3n) is 3.95. The second-order valence-corrected chi connectivity index (χ2v) is 4.40. The molecule has 0 aromatic rings. The minimum Gasteiger partial charge on any atom is -0.393 e.